The van der Waals surface area contributed by atoms with Crippen LogP contribution in [0.5, 0.6) is 0 Å². The Hall–Kier alpha value is -1.81. The maximum absolute atomic E-state index is 11.7. The van der Waals surface area contributed by atoms with Gasteiger partial charge in [0.15, 0.2) is 0 Å². The molecule has 1 heterocycles. The number of carbonyl (C=O) groups excluding carboxylic acids is 1. The third kappa shape index (κ3) is 4.10. The first-order valence-electron chi connectivity index (χ1n) is 6.33. The lowest BCUT2D eigenvalue weighted by Crippen LogP contribution is -2.26. The highest BCUT2D eigenvalue weighted by atomic mass is 35.5. The van der Waals surface area contributed by atoms with Crippen LogP contribution in [0.2, 0.25) is 5.02 Å². The number of benzene rings is 1. The quantitative estimate of drug-likeness (QED) is 0.813. The fourth-order valence-corrected chi connectivity index (χ4v) is 1.87. The van der Waals surface area contributed by atoms with Gasteiger partial charge in [0.2, 0.25) is 0 Å². The van der Waals surface area contributed by atoms with Crippen LogP contribution >= 0.6 is 11.6 Å². The van der Waals surface area contributed by atoms with Crippen LogP contribution in [-0.4, -0.2) is 21.1 Å². The molecule has 0 saturated carbocycles. The molecule has 0 fully saturated rings. The summed E-state index contributed by atoms with van der Waals surface area (Å²) in [5.74, 6) is -0.280. The Balaban J connectivity index is 2.06. The Kier molecular flexibility index (Phi) is 4.14. The molecule has 0 aliphatic heterocycles. The zero-order chi connectivity index (χ0) is 14.8. The molecular formula is C15H17ClN2O2. The van der Waals surface area contributed by atoms with Crippen molar-refractivity contribution >= 4 is 17.6 Å². The lowest BCUT2D eigenvalue weighted by molar-refractivity contribution is -0.155. The Morgan fingerprint density at radius 2 is 1.95 bits per heavy atom. The van der Waals surface area contributed by atoms with Gasteiger partial charge in [-0.15, -0.1) is 0 Å². The van der Waals surface area contributed by atoms with Gasteiger partial charge in [-0.1, -0.05) is 23.7 Å². The summed E-state index contributed by atoms with van der Waals surface area (Å²) in [6.07, 6.45) is 3.43. The highest BCUT2D eigenvalue weighted by Gasteiger charge is 2.16. The fraction of sp³-hybridized carbons (Fsp3) is 0.333. The Bertz CT molecular complexity index is 597. The van der Waals surface area contributed by atoms with Crippen molar-refractivity contribution in [3.8, 4) is 11.3 Å². The summed E-state index contributed by atoms with van der Waals surface area (Å²) in [6.45, 7) is 5.69. The second-order valence-electron chi connectivity index (χ2n) is 5.52. The Labute approximate surface area is 123 Å². The van der Waals surface area contributed by atoms with Gasteiger partial charge in [0.25, 0.3) is 0 Å². The molecule has 0 bridgehead atoms. The van der Waals surface area contributed by atoms with E-state index in [1.54, 1.807) is 10.9 Å². The molecule has 1 aromatic carbocycles. The first kappa shape index (κ1) is 14.6. The normalized spacial score (nSPS) is 11.4. The van der Waals surface area contributed by atoms with Crippen molar-refractivity contribution in [3.05, 3.63) is 41.8 Å². The summed E-state index contributed by atoms with van der Waals surface area (Å²) in [4.78, 5) is 16.0. The van der Waals surface area contributed by atoms with Gasteiger partial charge >= 0.3 is 5.97 Å². The topological polar surface area (TPSA) is 44.1 Å². The predicted octanol–water partition coefficient (Wildman–Crippen LogP) is 3.55. The van der Waals surface area contributed by atoms with E-state index in [0.717, 1.165) is 11.3 Å². The molecule has 20 heavy (non-hydrogen) atoms. The van der Waals surface area contributed by atoms with E-state index in [9.17, 15) is 4.79 Å². The molecule has 4 nitrogen and oxygen atoms in total. The molecule has 0 amide bonds. The van der Waals surface area contributed by atoms with E-state index >= 15 is 0 Å². The van der Waals surface area contributed by atoms with E-state index in [2.05, 4.69) is 4.98 Å². The minimum atomic E-state index is -0.476. The number of hydrogen-bond acceptors (Lipinski definition) is 3. The van der Waals surface area contributed by atoms with Crippen molar-refractivity contribution in [1.82, 2.24) is 9.55 Å². The molecule has 0 unspecified atom stereocenters. The fourth-order valence-electron chi connectivity index (χ4n) is 1.74. The lowest BCUT2D eigenvalue weighted by atomic mass is 10.2. The van der Waals surface area contributed by atoms with Gasteiger partial charge in [0, 0.05) is 16.8 Å². The molecular weight excluding hydrogens is 276 g/mol. The molecule has 0 aliphatic rings. The van der Waals surface area contributed by atoms with Crippen molar-refractivity contribution in [3.63, 3.8) is 0 Å². The number of carbonyl (C=O) groups is 1. The van der Waals surface area contributed by atoms with Crippen LogP contribution in [-0.2, 0) is 16.1 Å². The minimum absolute atomic E-state index is 0.151. The molecule has 2 aromatic rings. The van der Waals surface area contributed by atoms with Gasteiger partial charge in [-0.2, -0.15) is 0 Å². The first-order chi connectivity index (χ1) is 9.33. The number of imidazole rings is 1. The molecule has 0 radical (unpaired) electrons. The highest BCUT2D eigenvalue weighted by Crippen LogP contribution is 2.19. The van der Waals surface area contributed by atoms with E-state index in [0.29, 0.717) is 5.02 Å². The number of ether oxygens (including phenoxy) is 1. The molecule has 5 heteroatoms. The van der Waals surface area contributed by atoms with Crippen molar-refractivity contribution in [2.24, 2.45) is 0 Å². The van der Waals surface area contributed by atoms with E-state index in [1.165, 1.54) is 0 Å². The smallest absolute Gasteiger partial charge is 0.326 e. The van der Waals surface area contributed by atoms with Gasteiger partial charge in [-0.25, -0.2) is 4.98 Å². The minimum Gasteiger partial charge on any atom is -0.459 e. The van der Waals surface area contributed by atoms with E-state index in [-0.39, 0.29) is 12.5 Å². The predicted molar refractivity (Wildman–Crippen MR) is 78.5 cm³/mol. The average molecular weight is 293 g/mol. The molecule has 1 aromatic heterocycles. The molecule has 0 saturated heterocycles. The van der Waals surface area contributed by atoms with Gasteiger partial charge in [-0.05, 0) is 32.9 Å². The third-order valence-electron chi connectivity index (χ3n) is 2.50. The molecule has 106 valence electrons. The summed E-state index contributed by atoms with van der Waals surface area (Å²) in [5.41, 5.74) is 1.28. The zero-order valence-electron chi connectivity index (χ0n) is 11.8. The SMILES string of the molecule is CC(C)(C)OC(=O)Cn1cnc(-c2ccc(Cl)cc2)c1. The summed E-state index contributed by atoms with van der Waals surface area (Å²) < 4.78 is 6.97. The van der Waals surface area contributed by atoms with E-state index in [1.807, 2.05) is 51.2 Å². The highest BCUT2D eigenvalue weighted by molar-refractivity contribution is 6.30. The number of esters is 1. The van der Waals surface area contributed by atoms with Crippen molar-refractivity contribution in [2.75, 3.05) is 0 Å². The van der Waals surface area contributed by atoms with Gasteiger partial charge in [0.05, 0.1) is 12.0 Å². The standard InChI is InChI=1S/C15H17ClN2O2/c1-15(2,3)20-14(19)9-18-8-13(17-10-18)11-4-6-12(16)7-5-11/h4-8,10H,9H2,1-3H3. The van der Waals surface area contributed by atoms with Gasteiger partial charge in [0.1, 0.15) is 12.1 Å². The monoisotopic (exact) mass is 292 g/mol. The zero-order valence-corrected chi connectivity index (χ0v) is 12.5. The van der Waals surface area contributed by atoms with Crippen LogP contribution in [0.25, 0.3) is 11.3 Å². The molecule has 0 spiro atoms. The number of rotatable bonds is 3. The second-order valence-corrected chi connectivity index (χ2v) is 5.96. The third-order valence-corrected chi connectivity index (χ3v) is 2.76. The number of aromatic nitrogens is 2. The summed E-state index contributed by atoms with van der Waals surface area (Å²) in [5, 5.41) is 0.682. The van der Waals surface area contributed by atoms with Gasteiger partial charge < -0.3 is 9.30 Å². The summed E-state index contributed by atoms with van der Waals surface area (Å²) in [7, 11) is 0. The molecule has 2 rings (SSSR count). The van der Waals surface area contributed by atoms with Crippen LogP contribution in [0.1, 0.15) is 20.8 Å². The first-order valence-corrected chi connectivity index (χ1v) is 6.71. The lowest BCUT2D eigenvalue weighted by Gasteiger charge is -2.19. The maximum Gasteiger partial charge on any atom is 0.326 e. The molecule has 0 atom stereocenters. The van der Waals surface area contributed by atoms with Crippen LogP contribution in [0.3, 0.4) is 0 Å². The summed E-state index contributed by atoms with van der Waals surface area (Å²) >= 11 is 5.85. The van der Waals surface area contributed by atoms with Gasteiger partial charge in [-0.3, -0.25) is 4.79 Å². The van der Waals surface area contributed by atoms with Crippen molar-refractivity contribution in [2.45, 2.75) is 32.9 Å². The second kappa shape index (κ2) is 5.67. The van der Waals surface area contributed by atoms with Crippen LogP contribution in [0.4, 0.5) is 0 Å². The molecule has 0 aliphatic carbocycles. The van der Waals surface area contributed by atoms with Crippen LogP contribution in [0.15, 0.2) is 36.8 Å². The average Bonchev–Trinajstić information content (AvgIpc) is 2.75. The van der Waals surface area contributed by atoms with Crippen LogP contribution < -0.4 is 0 Å². The molecule has 0 N–H and O–H groups in total. The van der Waals surface area contributed by atoms with Crippen molar-refractivity contribution in [1.29, 1.82) is 0 Å². The number of hydrogen-bond donors (Lipinski definition) is 0. The van der Waals surface area contributed by atoms with Crippen LogP contribution in [0, 0.1) is 0 Å². The summed E-state index contributed by atoms with van der Waals surface area (Å²) in [6, 6.07) is 7.40. The largest absolute Gasteiger partial charge is 0.459 e. The van der Waals surface area contributed by atoms with E-state index < -0.39 is 5.60 Å². The Morgan fingerprint density at radius 1 is 1.30 bits per heavy atom. The van der Waals surface area contributed by atoms with Crippen molar-refractivity contribution < 1.29 is 9.53 Å². The Morgan fingerprint density at radius 3 is 2.55 bits per heavy atom. The van der Waals surface area contributed by atoms with E-state index in [4.69, 9.17) is 16.3 Å². The maximum atomic E-state index is 11.7. The number of halogens is 1. The number of nitrogens with zero attached hydrogens (tertiary/aromatic N) is 2.